The summed E-state index contributed by atoms with van der Waals surface area (Å²) in [5.74, 6) is -3.14. The first-order chi connectivity index (χ1) is 18.1. The zero-order valence-corrected chi connectivity index (χ0v) is 21.7. The lowest BCUT2D eigenvalue weighted by atomic mass is 9.70. The van der Waals surface area contributed by atoms with Crippen LogP contribution in [-0.4, -0.2) is 57.3 Å². The molecule has 0 spiro atoms. The Labute approximate surface area is 223 Å². The molecule has 5 atom stereocenters. The van der Waals surface area contributed by atoms with Gasteiger partial charge in [0.2, 0.25) is 5.91 Å². The van der Waals surface area contributed by atoms with Crippen LogP contribution in [0.2, 0.25) is 5.02 Å². The van der Waals surface area contributed by atoms with Crippen LogP contribution in [0.25, 0.3) is 0 Å². The zero-order valence-electron chi connectivity index (χ0n) is 20.9. The van der Waals surface area contributed by atoms with Crippen LogP contribution in [0, 0.1) is 29.4 Å². The summed E-state index contributed by atoms with van der Waals surface area (Å²) in [5.41, 5.74) is -0.732. The van der Waals surface area contributed by atoms with Crippen molar-refractivity contribution in [2.24, 2.45) is 17.8 Å². The van der Waals surface area contributed by atoms with Crippen molar-refractivity contribution in [1.82, 2.24) is 20.1 Å². The summed E-state index contributed by atoms with van der Waals surface area (Å²) in [6.07, 6.45) is 1.55. The molecule has 1 aromatic carbocycles. The second-order valence-corrected chi connectivity index (χ2v) is 10.7. The minimum absolute atomic E-state index is 0.0929. The SMILES string of the molecule is C[C@@H]1CN(C(=O)[C@@H]2CN(c3ccc(=O)[nH]n3)C[C@H]2c2ccc(Cl)cn2)C[C@H](C)[C@]1(O)c1ccc(F)c(F)c1. The molecule has 2 saturated heterocycles. The summed E-state index contributed by atoms with van der Waals surface area (Å²) >= 11 is 6.05. The third kappa shape index (κ3) is 4.67. The minimum atomic E-state index is -1.43. The maximum atomic E-state index is 14.0. The summed E-state index contributed by atoms with van der Waals surface area (Å²) in [7, 11) is 0. The second-order valence-electron chi connectivity index (χ2n) is 10.3. The number of nitrogens with zero attached hydrogens (tertiary/aromatic N) is 4. The molecule has 2 fully saturated rings. The molecule has 200 valence electrons. The van der Waals surface area contributed by atoms with Crippen LogP contribution in [0.3, 0.4) is 0 Å². The van der Waals surface area contributed by atoms with E-state index in [0.717, 1.165) is 17.8 Å². The highest BCUT2D eigenvalue weighted by Gasteiger charge is 2.49. The van der Waals surface area contributed by atoms with Gasteiger partial charge in [0, 0.05) is 61.9 Å². The number of nitrogens with one attached hydrogen (secondary N) is 1. The van der Waals surface area contributed by atoms with Gasteiger partial charge >= 0.3 is 0 Å². The highest BCUT2D eigenvalue weighted by Crippen LogP contribution is 2.43. The molecule has 5 rings (SSSR count). The van der Waals surface area contributed by atoms with Gasteiger partial charge in [-0.1, -0.05) is 31.5 Å². The van der Waals surface area contributed by atoms with Crippen LogP contribution >= 0.6 is 11.6 Å². The van der Waals surface area contributed by atoms with Crippen LogP contribution in [0.5, 0.6) is 0 Å². The van der Waals surface area contributed by atoms with Crippen LogP contribution in [-0.2, 0) is 10.4 Å². The molecule has 38 heavy (non-hydrogen) atoms. The fourth-order valence-corrected chi connectivity index (χ4v) is 6.00. The number of rotatable bonds is 4. The molecular weight excluding hydrogens is 516 g/mol. The fourth-order valence-electron chi connectivity index (χ4n) is 5.89. The molecule has 2 N–H and O–H groups in total. The summed E-state index contributed by atoms with van der Waals surface area (Å²) in [6.45, 7) is 4.92. The molecule has 0 aliphatic carbocycles. The number of aliphatic hydroxyl groups is 1. The Morgan fingerprint density at radius 3 is 2.39 bits per heavy atom. The van der Waals surface area contributed by atoms with Gasteiger partial charge in [0.05, 0.1) is 16.5 Å². The van der Waals surface area contributed by atoms with Gasteiger partial charge in [-0.15, -0.1) is 0 Å². The lowest BCUT2D eigenvalue weighted by molar-refractivity contribution is -0.152. The van der Waals surface area contributed by atoms with Gasteiger partial charge in [-0.25, -0.2) is 13.9 Å². The molecule has 3 aromatic rings. The monoisotopic (exact) mass is 543 g/mol. The first kappa shape index (κ1) is 26.2. The maximum Gasteiger partial charge on any atom is 0.264 e. The van der Waals surface area contributed by atoms with Crippen LogP contribution in [0.15, 0.2) is 53.5 Å². The Morgan fingerprint density at radius 1 is 1.05 bits per heavy atom. The molecule has 2 aliphatic heterocycles. The number of likely N-dealkylation sites (tertiary alicyclic amines) is 1. The van der Waals surface area contributed by atoms with E-state index in [2.05, 4.69) is 15.2 Å². The van der Waals surface area contributed by atoms with Gasteiger partial charge in [0.25, 0.3) is 5.56 Å². The molecule has 1 amide bonds. The topological polar surface area (TPSA) is 102 Å². The largest absolute Gasteiger partial charge is 0.384 e. The number of aromatic amines is 1. The van der Waals surface area contributed by atoms with Crippen molar-refractivity contribution >= 4 is 23.3 Å². The zero-order chi connectivity index (χ0) is 27.2. The molecule has 2 aliphatic rings. The normalized spacial score (nSPS) is 27.5. The van der Waals surface area contributed by atoms with Gasteiger partial charge in [-0.3, -0.25) is 14.6 Å². The van der Waals surface area contributed by atoms with Crippen LogP contribution < -0.4 is 10.5 Å². The van der Waals surface area contributed by atoms with Crippen LogP contribution in [0.1, 0.15) is 31.0 Å². The number of H-pyrrole nitrogens is 1. The third-order valence-electron chi connectivity index (χ3n) is 7.94. The first-order valence-electron chi connectivity index (χ1n) is 12.5. The van der Waals surface area contributed by atoms with Crippen molar-refractivity contribution in [3.63, 3.8) is 0 Å². The molecule has 0 saturated carbocycles. The number of carbonyl (C=O) groups is 1. The number of amides is 1. The number of benzene rings is 1. The third-order valence-corrected chi connectivity index (χ3v) is 8.16. The fraction of sp³-hybridized carbons (Fsp3) is 0.407. The highest BCUT2D eigenvalue weighted by molar-refractivity contribution is 6.30. The smallest absolute Gasteiger partial charge is 0.264 e. The molecule has 0 radical (unpaired) electrons. The van der Waals surface area contributed by atoms with E-state index in [9.17, 15) is 23.5 Å². The molecule has 4 heterocycles. The predicted octanol–water partition coefficient (Wildman–Crippen LogP) is 3.32. The molecule has 2 aromatic heterocycles. The van der Waals surface area contributed by atoms with Gasteiger partial charge in [0.15, 0.2) is 11.6 Å². The second kappa shape index (κ2) is 10.1. The summed E-state index contributed by atoms with van der Waals surface area (Å²) < 4.78 is 27.6. The maximum absolute atomic E-state index is 14.0. The summed E-state index contributed by atoms with van der Waals surface area (Å²) in [5, 5.41) is 18.7. The molecule has 8 nitrogen and oxygen atoms in total. The van der Waals surface area contributed by atoms with E-state index in [-0.39, 0.29) is 30.5 Å². The molecule has 0 bridgehead atoms. The Balaban J connectivity index is 1.41. The summed E-state index contributed by atoms with van der Waals surface area (Å²) in [4.78, 5) is 33.7. The quantitative estimate of drug-likeness (QED) is 0.523. The molecule has 0 unspecified atom stereocenters. The first-order valence-corrected chi connectivity index (χ1v) is 12.8. The Hall–Kier alpha value is -3.37. The average Bonchev–Trinajstić information content (AvgIpc) is 3.34. The van der Waals surface area contributed by atoms with Crippen molar-refractivity contribution in [2.75, 3.05) is 31.1 Å². The van der Waals surface area contributed by atoms with Crippen molar-refractivity contribution in [2.45, 2.75) is 25.4 Å². The number of pyridine rings is 1. The van der Waals surface area contributed by atoms with E-state index >= 15 is 0 Å². The number of piperidine rings is 1. The number of aromatic nitrogens is 3. The number of anilines is 1. The standard InChI is InChI=1S/C27H28ClF2N5O3/c1-15-11-35(12-16(2)27(15,38)17-3-5-21(29)22(30)9-17)26(37)20-14-34(24-7-8-25(36)33-32-24)13-19(20)23-6-4-18(28)10-31-23/h3-10,15-16,19-20,38H,11-14H2,1-2H3,(H,33,36)/t15-,16+,19-,20-,27+/m1/s1. The average molecular weight is 544 g/mol. The van der Waals surface area contributed by atoms with E-state index < -0.39 is 35.0 Å². The van der Waals surface area contributed by atoms with Gasteiger partial charge in [-0.2, -0.15) is 5.10 Å². The molecular formula is C27H28ClF2N5O3. The lowest BCUT2D eigenvalue weighted by Crippen LogP contribution is -2.57. The minimum Gasteiger partial charge on any atom is -0.384 e. The van der Waals surface area contributed by atoms with Gasteiger partial charge < -0.3 is 14.9 Å². The molecule has 11 heteroatoms. The highest BCUT2D eigenvalue weighted by atomic mass is 35.5. The number of hydrogen-bond donors (Lipinski definition) is 2. The van der Waals surface area contributed by atoms with E-state index in [1.165, 1.54) is 12.1 Å². The van der Waals surface area contributed by atoms with Crippen LogP contribution in [0.4, 0.5) is 14.6 Å². The van der Waals surface area contributed by atoms with Crippen molar-refractivity contribution in [3.05, 3.63) is 86.9 Å². The lowest BCUT2D eigenvalue weighted by Gasteiger charge is -2.48. The van der Waals surface area contributed by atoms with Gasteiger partial charge in [-0.05, 0) is 35.9 Å². The predicted molar refractivity (Wildman–Crippen MR) is 138 cm³/mol. The Bertz CT molecular complexity index is 1370. The van der Waals surface area contributed by atoms with E-state index in [1.807, 2.05) is 4.90 Å². The number of carbonyl (C=O) groups excluding carboxylic acids is 1. The van der Waals surface area contributed by atoms with E-state index in [4.69, 9.17) is 11.6 Å². The van der Waals surface area contributed by atoms with Crippen molar-refractivity contribution < 1.29 is 18.7 Å². The summed E-state index contributed by atoms with van der Waals surface area (Å²) in [6, 6.07) is 10.00. The van der Waals surface area contributed by atoms with Crippen molar-refractivity contribution in [3.8, 4) is 0 Å². The van der Waals surface area contributed by atoms with E-state index in [1.54, 1.807) is 43.1 Å². The Morgan fingerprint density at radius 2 is 1.79 bits per heavy atom. The number of halogens is 3. The van der Waals surface area contributed by atoms with Crippen molar-refractivity contribution in [1.29, 1.82) is 0 Å². The Kier molecular flexibility index (Phi) is 6.96. The van der Waals surface area contributed by atoms with E-state index in [0.29, 0.717) is 29.5 Å². The van der Waals surface area contributed by atoms with Gasteiger partial charge in [0.1, 0.15) is 5.82 Å². The number of hydrogen-bond acceptors (Lipinski definition) is 6.